The normalized spacial score (nSPS) is 24.5. The van der Waals surface area contributed by atoms with Crippen LogP contribution in [0.1, 0.15) is 19.8 Å². The molecule has 1 fully saturated rings. The molecule has 1 aliphatic rings. The molecule has 0 saturated carbocycles. The van der Waals surface area contributed by atoms with E-state index in [1.54, 1.807) is 0 Å². The van der Waals surface area contributed by atoms with Crippen molar-refractivity contribution in [3.63, 3.8) is 0 Å². The van der Waals surface area contributed by atoms with Crippen LogP contribution in [0.5, 0.6) is 0 Å². The maximum Gasteiger partial charge on any atom is 0.0905 e. The standard InChI is InChI=1S/C9H19N3O/c1-8-7-13-6-5-12(8)4-2-3-9(10)11/h8H,2-7H2,1H3,(H3,10,11). The summed E-state index contributed by atoms with van der Waals surface area (Å²) in [4.78, 5) is 2.40. The first-order chi connectivity index (χ1) is 6.20. The van der Waals surface area contributed by atoms with Gasteiger partial charge >= 0.3 is 0 Å². The third-order valence-electron chi connectivity index (χ3n) is 2.40. The van der Waals surface area contributed by atoms with E-state index in [0.717, 1.165) is 32.7 Å². The van der Waals surface area contributed by atoms with Crippen molar-refractivity contribution >= 4 is 5.84 Å². The van der Waals surface area contributed by atoms with E-state index in [1.807, 2.05) is 0 Å². The average molecular weight is 185 g/mol. The smallest absolute Gasteiger partial charge is 0.0905 e. The summed E-state index contributed by atoms with van der Waals surface area (Å²) in [5.74, 6) is 0.293. The third kappa shape index (κ3) is 3.74. The Morgan fingerprint density at radius 3 is 3.08 bits per heavy atom. The second-order valence-electron chi connectivity index (χ2n) is 3.59. The van der Waals surface area contributed by atoms with Crippen LogP contribution >= 0.6 is 0 Å². The summed E-state index contributed by atoms with van der Waals surface area (Å²) >= 11 is 0. The maximum absolute atomic E-state index is 7.10. The molecule has 0 aromatic heterocycles. The minimum atomic E-state index is 0.293. The molecular weight excluding hydrogens is 166 g/mol. The van der Waals surface area contributed by atoms with E-state index in [9.17, 15) is 0 Å². The van der Waals surface area contributed by atoms with Gasteiger partial charge in [-0.05, 0) is 19.9 Å². The first kappa shape index (κ1) is 10.5. The first-order valence-electron chi connectivity index (χ1n) is 4.85. The second-order valence-corrected chi connectivity index (χ2v) is 3.59. The summed E-state index contributed by atoms with van der Waals surface area (Å²) in [6, 6.07) is 0.515. The molecule has 1 unspecified atom stereocenters. The molecule has 3 N–H and O–H groups in total. The van der Waals surface area contributed by atoms with Crippen molar-refractivity contribution in [1.29, 1.82) is 5.41 Å². The van der Waals surface area contributed by atoms with Crippen molar-refractivity contribution in [3.05, 3.63) is 0 Å². The lowest BCUT2D eigenvalue weighted by Gasteiger charge is -2.33. The van der Waals surface area contributed by atoms with Crippen molar-refractivity contribution in [2.75, 3.05) is 26.3 Å². The highest BCUT2D eigenvalue weighted by atomic mass is 16.5. The minimum absolute atomic E-state index is 0.293. The molecule has 0 radical (unpaired) electrons. The number of ether oxygens (including phenoxy) is 1. The van der Waals surface area contributed by atoms with Crippen molar-refractivity contribution in [3.8, 4) is 0 Å². The lowest BCUT2D eigenvalue weighted by molar-refractivity contribution is -0.000420. The molecule has 1 rings (SSSR count). The van der Waals surface area contributed by atoms with Crippen LogP contribution in [0.2, 0.25) is 0 Å². The third-order valence-corrected chi connectivity index (χ3v) is 2.40. The van der Waals surface area contributed by atoms with Gasteiger partial charge in [0.05, 0.1) is 19.0 Å². The van der Waals surface area contributed by atoms with Crippen LogP contribution in [0.15, 0.2) is 0 Å². The zero-order valence-electron chi connectivity index (χ0n) is 8.25. The lowest BCUT2D eigenvalue weighted by Crippen LogP contribution is -2.44. The van der Waals surface area contributed by atoms with Gasteiger partial charge in [-0.15, -0.1) is 0 Å². The molecule has 76 valence electrons. The summed E-state index contributed by atoms with van der Waals surface area (Å²) < 4.78 is 5.33. The van der Waals surface area contributed by atoms with E-state index < -0.39 is 0 Å². The van der Waals surface area contributed by atoms with Crippen LogP contribution in [-0.4, -0.2) is 43.1 Å². The molecule has 0 aliphatic carbocycles. The Hall–Kier alpha value is -0.610. The fourth-order valence-corrected chi connectivity index (χ4v) is 1.57. The zero-order valence-corrected chi connectivity index (χ0v) is 8.25. The molecule has 1 heterocycles. The Morgan fingerprint density at radius 1 is 1.69 bits per heavy atom. The molecule has 4 heteroatoms. The Bertz CT molecular complexity index is 172. The molecule has 1 atom stereocenters. The highest BCUT2D eigenvalue weighted by Crippen LogP contribution is 2.07. The quantitative estimate of drug-likeness (QED) is 0.493. The SMILES string of the molecule is CC1COCCN1CCCC(=N)N. The van der Waals surface area contributed by atoms with Crippen molar-refractivity contribution in [1.82, 2.24) is 4.90 Å². The summed E-state index contributed by atoms with van der Waals surface area (Å²) in [7, 11) is 0. The van der Waals surface area contributed by atoms with Gasteiger partial charge < -0.3 is 10.5 Å². The van der Waals surface area contributed by atoms with Gasteiger partial charge in [-0.1, -0.05) is 0 Å². The molecule has 1 saturated heterocycles. The average Bonchev–Trinajstić information content (AvgIpc) is 2.08. The van der Waals surface area contributed by atoms with Gasteiger partial charge in [0.2, 0.25) is 0 Å². The minimum Gasteiger partial charge on any atom is -0.388 e. The number of amidine groups is 1. The predicted molar refractivity (Wildman–Crippen MR) is 53.0 cm³/mol. The Morgan fingerprint density at radius 2 is 2.46 bits per heavy atom. The maximum atomic E-state index is 7.10. The van der Waals surface area contributed by atoms with Gasteiger partial charge in [-0.25, -0.2) is 0 Å². The summed E-state index contributed by atoms with van der Waals surface area (Å²) in [5, 5.41) is 7.10. The van der Waals surface area contributed by atoms with Crippen molar-refractivity contribution in [2.45, 2.75) is 25.8 Å². The molecule has 0 aromatic rings. The van der Waals surface area contributed by atoms with E-state index in [0.29, 0.717) is 18.3 Å². The van der Waals surface area contributed by atoms with Crippen LogP contribution in [0.3, 0.4) is 0 Å². The largest absolute Gasteiger partial charge is 0.388 e. The van der Waals surface area contributed by atoms with E-state index in [1.165, 1.54) is 0 Å². The number of nitrogens with one attached hydrogen (secondary N) is 1. The summed E-state index contributed by atoms with van der Waals surface area (Å²) in [6.07, 6.45) is 1.70. The van der Waals surface area contributed by atoms with Crippen LogP contribution in [0.4, 0.5) is 0 Å². The van der Waals surface area contributed by atoms with Crippen LogP contribution in [-0.2, 0) is 4.74 Å². The molecular formula is C9H19N3O. The number of nitrogens with two attached hydrogens (primary N) is 1. The fraction of sp³-hybridized carbons (Fsp3) is 0.889. The van der Waals surface area contributed by atoms with Crippen LogP contribution < -0.4 is 5.73 Å². The molecule has 1 aliphatic heterocycles. The van der Waals surface area contributed by atoms with Gasteiger partial charge in [0.1, 0.15) is 0 Å². The van der Waals surface area contributed by atoms with E-state index >= 15 is 0 Å². The number of nitrogens with zero attached hydrogens (tertiary/aromatic N) is 1. The predicted octanol–water partition coefficient (Wildman–Crippen LogP) is 0.423. The highest BCUT2D eigenvalue weighted by molar-refractivity contribution is 5.76. The molecule has 0 amide bonds. The first-order valence-corrected chi connectivity index (χ1v) is 4.85. The van der Waals surface area contributed by atoms with E-state index in [4.69, 9.17) is 15.9 Å². The van der Waals surface area contributed by atoms with Crippen molar-refractivity contribution in [2.24, 2.45) is 5.73 Å². The number of morpholine rings is 1. The van der Waals surface area contributed by atoms with Crippen LogP contribution in [0.25, 0.3) is 0 Å². The number of hydrogen-bond donors (Lipinski definition) is 2. The number of hydrogen-bond acceptors (Lipinski definition) is 3. The van der Waals surface area contributed by atoms with E-state index in [2.05, 4.69) is 11.8 Å². The Balaban J connectivity index is 2.15. The molecule has 0 aromatic carbocycles. The van der Waals surface area contributed by atoms with Gasteiger partial charge in [0, 0.05) is 19.0 Å². The number of rotatable bonds is 4. The molecule has 4 nitrogen and oxygen atoms in total. The van der Waals surface area contributed by atoms with Crippen molar-refractivity contribution < 1.29 is 4.74 Å². The van der Waals surface area contributed by atoms with Gasteiger partial charge in [0.25, 0.3) is 0 Å². The Kier molecular flexibility index (Phi) is 4.18. The summed E-state index contributed by atoms with van der Waals surface area (Å²) in [5.41, 5.74) is 5.28. The summed E-state index contributed by atoms with van der Waals surface area (Å²) in [6.45, 7) is 5.89. The van der Waals surface area contributed by atoms with Gasteiger partial charge in [0.15, 0.2) is 0 Å². The Labute approximate surface area is 79.6 Å². The monoisotopic (exact) mass is 185 g/mol. The van der Waals surface area contributed by atoms with E-state index in [-0.39, 0.29) is 0 Å². The molecule has 0 bridgehead atoms. The lowest BCUT2D eigenvalue weighted by atomic mass is 10.2. The van der Waals surface area contributed by atoms with Crippen LogP contribution in [0, 0.1) is 5.41 Å². The molecule has 0 spiro atoms. The topological polar surface area (TPSA) is 62.3 Å². The van der Waals surface area contributed by atoms with Gasteiger partial charge in [-0.3, -0.25) is 10.3 Å². The fourth-order valence-electron chi connectivity index (χ4n) is 1.57. The van der Waals surface area contributed by atoms with Gasteiger partial charge in [-0.2, -0.15) is 0 Å². The zero-order chi connectivity index (χ0) is 9.68. The second kappa shape index (κ2) is 5.19. The highest BCUT2D eigenvalue weighted by Gasteiger charge is 2.17. The molecule has 13 heavy (non-hydrogen) atoms.